The molecule has 2 amide bonds. The molecule has 0 fully saturated rings. The predicted molar refractivity (Wildman–Crippen MR) is 79.6 cm³/mol. The van der Waals surface area contributed by atoms with Gasteiger partial charge in [0.25, 0.3) is 0 Å². The van der Waals surface area contributed by atoms with Crippen molar-refractivity contribution in [2.75, 3.05) is 11.9 Å². The van der Waals surface area contributed by atoms with Crippen LogP contribution in [0.25, 0.3) is 0 Å². The molecule has 0 aliphatic rings. The highest BCUT2D eigenvalue weighted by Crippen LogP contribution is 2.20. The molecule has 5 nitrogen and oxygen atoms in total. The van der Waals surface area contributed by atoms with E-state index in [1.165, 1.54) is 18.2 Å². The van der Waals surface area contributed by atoms with Gasteiger partial charge in [-0.2, -0.15) is 0 Å². The fraction of sp³-hybridized carbons (Fsp3) is 0.429. The Morgan fingerprint density at radius 1 is 1.25 bits per heavy atom. The van der Waals surface area contributed by atoms with Gasteiger partial charge in [0.1, 0.15) is 0 Å². The van der Waals surface area contributed by atoms with Crippen molar-refractivity contribution in [1.29, 1.82) is 0 Å². The number of hydrogen-bond acceptors (Lipinski definition) is 2. The molecule has 1 aromatic rings. The monoisotopic (exact) mass is 298 g/mol. The van der Waals surface area contributed by atoms with E-state index in [0.29, 0.717) is 11.6 Å². The fourth-order valence-corrected chi connectivity index (χ4v) is 1.89. The van der Waals surface area contributed by atoms with E-state index in [1.54, 1.807) is 0 Å². The van der Waals surface area contributed by atoms with Crippen LogP contribution in [0.15, 0.2) is 18.2 Å². The van der Waals surface area contributed by atoms with E-state index in [1.807, 2.05) is 0 Å². The van der Waals surface area contributed by atoms with Crippen molar-refractivity contribution in [3.8, 4) is 0 Å². The first-order valence-electron chi connectivity index (χ1n) is 6.62. The number of halogens is 1. The predicted octanol–water partition coefficient (Wildman–Crippen LogP) is 3.74. The number of anilines is 1. The van der Waals surface area contributed by atoms with Gasteiger partial charge in [-0.1, -0.05) is 37.8 Å². The van der Waals surface area contributed by atoms with Gasteiger partial charge in [0.15, 0.2) is 0 Å². The van der Waals surface area contributed by atoms with Crippen molar-refractivity contribution in [3.63, 3.8) is 0 Å². The summed E-state index contributed by atoms with van der Waals surface area (Å²) in [6, 6.07) is 3.90. The third-order valence-corrected chi connectivity index (χ3v) is 3.01. The zero-order valence-electron chi connectivity index (χ0n) is 11.4. The highest BCUT2D eigenvalue weighted by atomic mass is 35.5. The van der Waals surface area contributed by atoms with Crippen LogP contribution in [-0.2, 0) is 0 Å². The van der Waals surface area contributed by atoms with Crippen molar-refractivity contribution in [1.82, 2.24) is 5.32 Å². The lowest BCUT2D eigenvalue weighted by Gasteiger charge is -2.10. The lowest BCUT2D eigenvalue weighted by atomic mass is 10.2. The number of benzene rings is 1. The molecule has 1 aromatic carbocycles. The summed E-state index contributed by atoms with van der Waals surface area (Å²) >= 11 is 5.74. The normalized spacial score (nSPS) is 10.1. The van der Waals surface area contributed by atoms with Crippen LogP contribution < -0.4 is 10.6 Å². The van der Waals surface area contributed by atoms with Crippen LogP contribution in [0, 0.1) is 0 Å². The number of rotatable bonds is 7. The van der Waals surface area contributed by atoms with Crippen molar-refractivity contribution in [2.45, 2.75) is 32.6 Å². The van der Waals surface area contributed by atoms with Gasteiger partial charge >= 0.3 is 12.0 Å². The average molecular weight is 299 g/mol. The van der Waals surface area contributed by atoms with Crippen LogP contribution in [0.3, 0.4) is 0 Å². The third kappa shape index (κ3) is 5.48. The summed E-state index contributed by atoms with van der Waals surface area (Å²) in [5.41, 5.74) is 0.201. The van der Waals surface area contributed by atoms with Crippen LogP contribution in [0.4, 0.5) is 10.5 Å². The summed E-state index contributed by atoms with van der Waals surface area (Å²) in [6.07, 6.45) is 4.26. The second-order valence-corrected chi connectivity index (χ2v) is 4.87. The Hall–Kier alpha value is -1.75. The Morgan fingerprint density at radius 3 is 2.65 bits per heavy atom. The molecule has 0 saturated heterocycles. The molecule has 0 heterocycles. The molecule has 110 valence electrons. The molecule has 0 bridgehead atoms. The fourth-order valence-electron chi connectivity index (χ4n) is 1.72. The van der Waals surface area contributed by atoms with E-state index in [2.05, 4.69) is 17.6 Å². The topological polar surface area (TPSA) is 78.4 Å². The van der Waals surface area contributed by atoms with E-state index >= 15 is 0 Å². The molecule has 0 aliphatic heterocycles. The van der Waals surface area contributed by atoms with Crippen LogP contribution in [0.5, 0.6) is 0 Å². The Kier molecular flexibility index (Phi) is 6.87. The molecule has 1 rings (SSSR count). The maximum Gasteiger partial charge on any atom is 0.337 e. The van der Waals surface area contributed by atoms with Crippen LogP contribution in [-0.4, -0.2) is 23.7 Å². The molecule has 0 spiro atoms. The number of amides is 2. The van der Waals surface area contributed by atoms with Gasteiger partial charge in [-0.25, -0.2) is 9.59 Å². The molecule has 0 saturated carbocycles. The number of hydrogen-bond donors (Lipinski definition) is 3. The lowest BCUT2D eigenvalue weighted by molar-refractivity contribution is 0.0698. The maximum absolute atomic E-state index is 11.7. The molecule has 0 aromatic heterocycles. The summed E-state index contributed by atoms with van der Waals surface area (Å²) in [7, 11) is 0. The molecule has 0 radical (unpaired) electrons. The van der Waals surface area contributed by atoms with E-state index in [0.717, 1.165) is 25.7 Å². The number of carbonyl (C=O) groups excluding carboxylic acids is 1. The number of aromatic carboxylic acids is 1. The molecular formula is C14H19ClN2O3. The molecule has 6 heteroatoms. The summed E-state index contributed by atoms with van der Waals surface area (Å²) < 4.78 is 0. The Labute approximate surface area is 123 Å². The van der Waals surface area contributed by atoms with Gasteiger partial charge in [0, 0.05) is 11.6 Å². The smallest absolute Gasteiger partial charge is 0.337 e. The van der Waals surface area contributed by atoms with E-state index in [9.17, 15) is 9.59 Å². The quantitative estimate of drug-likeness (QED) is 0.671. The maximum atomic E-state index is 11.7. The minimum Gasteiger partial charge on any atom is -0.478 e. The van der Waals surface area contributed by atoms with Crippen molar-refractivity contribution in [3.05, 3.63) is 28.8 Å². The van der Waals surface area contributed by atoms with Crippen LogP contribution >= 0.6 is 11.6 Å². The number of carboxylic acids is 1. The SMILES string of the molecule is CCCCCCNC(=O)Nc1ccc(Cl)cc1C(=O)O. The van der Waals surface area contributed by atoms with E-state index in [-0.39, 0.29) is 11.3 Å². The van der Waals surface area contributed by atoms with Crippen molar-refractivity contribution in [2.24, 2.45) is 0 Å². The summed E-state index contributed by atoms with van der Waals surface area (Å²) in [5, 5.41) is 14.6. The first-order chi connectivity index (χ1) is 9.54. The Balaban J connectivity index is 2.51. The van der Waals surface area contributed by atoms with Gasteiger partial charge in [-0.05, 0) is 24.6 Å². The first-order valence-corrected chi connectivity index (χ1v) is 7.00. The summed E-state index contributed by atoms with van der Waals surface area (Å²) in [6.45, 7) is 2.69. The lowest BCUT2D eigenvalue weighted by Crippen LogP contribution is -2.30. The average Bonchev–Trinajstić information content (AvgIpc) is 2.40. The second-order valence-electron chi connectivity index (χ2n) is 4.44. The van der Waals surface area contributed by atoms with E-state index < -0.39 is 12.0 Å². The number of nitrogens with one attached hydrogen (secondary N) is 2. The number of unbranched alkanes of at least 4 members (excludes halogenated alkanes) is 3. The largest absolute Gasteiger partial charge is 0.478 e. The summed E-state index contributed by atoms with van der Waals surface area (Å²) in [5.74, 6) is -1.13. The minimum absolute atomic E-state index is 0.0290. The standard InChI is InChI=1S/C14H19ClN2O3/c1-2-3-4-5-8-16-14(20)17-12-7-6-10(15)9-11(12)13(18)19/h6-7,9H,2-5,8H2,1H3,(H,18,19)(H2,16,17,20). The molecule has 20 heavy (non-hydrogen) atoms. The summed E-state index contributed by atoms with van der Waals surface area (Å²) in [4.78, 5) is 22.7. The highest BCUT2D eigenvalue weighted by molar-refractivity contribution is 6.31. The number of carboxylic acid groups (broad SMARTS) is 1. The zero-order valence-corrected chi connectivity index (χ0v) is 12.2. The van der Waals surface area contributed by atoms with Crippen LogP contribution in [0.2, 0.25) is 5.02 Å². The molecule has 3 N–H and O–H groups in total. The zero-order chi connectivity index (χ0) is 15.0. The van der Waals surface area contributed by atoms with Gasteiger partial charge in [0.2, 0.25) is 0 Å². The molecular weight excluding hydrogens is 280 g/mol. The van der Waals surface area contributed by atoms with Gasteiger partial charge in [-0.15, -0.1) is 0 Å². The third-order valence-electron chi connectivity index (χ3n) is 2.78. The Morgan fingerprint density at radius 2 is 2.00 bits per heavy atom. The second kappa shape index (κ2) is 8.43. The van der Waals surface area contributed by atoms with Gasteiger partial charge in [-0.3, -0.25) is 0 Å². The minimum atomic E-state index is -1.13. The number of urea groups is 1. The van der Waals surface area contributed by atoms with Gasteiger partial charge in [0.05, 0.1) is 11.3 Å². The van der Waals surface area contributed by atoms with Crippen molar-refractivity contribution >= 4 is 29.3 Å². The Bertz CT molecular complexity index is 477. The van der Waals surface area contributed by atoms with Crippen LogP contribution in [0.1, 0.15) is 43.0 Å². The molecule has 0 unspecified atom stereocenters. The first kappa shape index (κ1) is 16.3. The molecule has 0 atom stereocenters. The van der Waals surface area contributed by atoms with Crippen molar-refractivity contribution < 1.29 is 14.7 Å². The number of carbonyl (C=O) groups is 2. The van der Waals surface area contributed by atoms with E-state index in [4.69, 9.17) is 16.7 Å². The van der Waals surface area contributed by atoms with Gasteiger partial charge < -0.3 is 15.7 Å². The highest BCUT2D eigenvalue weighted by Gasteiger charge is 2.12. The molecule has 0 aliphatic carbocycles.